The van der Waals surface area contributed by atoms with Gasteiger partial charge in [-0.2, -0.15) is 0 Å². The molecule has 0 saturated heterocycles. The Morgan fingerprint density at radius 3 is 1.21 bits per heavy atom. The second kappa shape index (κ2) is 11.6. The van der Waals surface area contributed by atoms with Crippen LogP contribution in [0.4, 0.5) is 0 Å². The first-order valence-corrected chi connectivity index (χ1v) is 22.4. The van der Waals surface area contributed by atoms with Crippen LogP contribution in [0.25, 0.3) is 139 Å². The zero-order chi connectivity index (χ0) is 39.5. The zero-order valence-corrected chi connectivity index (χ0v) is 34.1. The van der Waals surface area contributed by atoms with E-state index in [4.69, 9.17) is 4.42 Å². The van der Waals surface area contributed by atoms with Crippen molar-refractivity contribution in [1.29, 1.82) is 0 Å². The Balaban J connectivity index is 0.910. The van der Waals surface area contributed by atoms with Crippen LogP contribution in [0.2, 0.25) is 0 Å². The van der Waals surface area contributed by atoms with E-state index < -0.39 is 0 Å². The predicted molar refractivity (Wildman–Crippen MR) is 263 cm³/mol. The number of thiophene rings is 2. The number of nitrogens with zero attached hydrogens (tertiary/aromatic N) is 2. The molecule has 0 atom stereocenters. The van der Waals surface area contributed by atoms with Gasteiger partial charge in [0.05, 0.1) is 22.1 Å². The number of rotatable bonds is 2. The molecule has 0 unspecified atom stereocenters. The Hall–Kier alpha value is -7.44. The molecule has 61 heavy (non-hydrogen) atoms. The van der Waals surface area contributed by atoms with E-state index in [-0.39, 0.29) is 0 Å². The summed E-state index contributed by atoms with van der Waals surface area (Å²) in [6.45, 7) is 0. The Morgan fingerprint density at radius 1 is 0.295 bits per heavy atom. The van der Waals surface area contributed by atoms with Crippen molar-refractivity contribution >= 4 is 150 Å². The first-order valence-electron chi connectivity index (χ1n) is 20.7. The summed E-state index contributed by atoms with van der Waals surface area (Å²) in [6, 6.07) is 67.3. The van der Waals surface area contributed by atoms with Crippen LogP contribution in [0.5, 0.6) is 0 Å². The van der Waals surface area contributed by atoms with Gasteiger partial charge in [0.25, 0.3) is 0 Å². The lowest BCUT2D eigenvalue weighted by Gasteiger charge is -2.09. The highest BCUT2D eigenvalue weighted by Gasteiger charge is 2.20. The van der Waals surface area contributed by atoms with Gasteiger partial charge in [0.1, 0.15) is 11.2 Å². The van der Waals surface area contributed by atoms with Gasteiger partial charge in [0.2, 0.25) is 0 Å². The number of para-hydroxylation sites is 2. The van der Waals surface area contributed by atoms with E-state index in [9.17, 15) is 0 Å². The quantitative estimate of drug-likeness (QED) is 0.171. The van der Waals surface area contributed by atoms with E-state index in [1.807, 2.05) is 22.7 Å². The normalized spacial score (nSPS) is 12.6. The topological polar surface area (TPSA) is 23.0 Å². The lowest BCUT2D eigenvalue weighted by Crippen LogP contribution is -1.93. The molecule has 0 amide bonds. The van der Waals surface area contributed by atoms with Crippen LogP contribution >= 0.6 is 22.7 Å². The predicted octanol–water partition coefficient (Wildman–Crippen LogP) is 16.8. The maximum atomic E-state index is 6.85. The van der Waals surface area contributed by atoms with Gasteiger partial charge < -0.3 is 13.6 Å². The minimum Gasteiger partial charge on any atom is -0.456 e. The molecule has 5 heteroatoms. The van der Waals surface area contributed by atoms with Crippen LogP contribution in [0, 0.1) is 0 Å². The highest BCUT2D eigenvalue weighted by Crippen LogP contribution is 2.45. The molecule has 0 bridgehead atoms. The number of benzene rings is 10. The smallest absolute Gasteiger partial charge is 0.137 e. The van der Waals surface area contributed by atoms with E-state index in [2.05, 4.69) is 191 Å². The first kappa shape index (κ1) is 32.4. The van der Waals surface area contributed by atoms with Gasteiger partial charge in [-0.3, -0.25) is 0 Å². The van der Waals surface area contributed by atoms with Gasteiger partial charge in [-0.05, 0) is 83.6 Å². The summed E-state index contributed by atoms with van der Waals surface area (Å²) < 4.78 is 17.0. The fraction of sp³-hybridized carbons (Fsp3) is 0. The fourth-order valence-electron chi connectivity index (χ4n) is 10.5. The SMILES string of the molecule is c1ccc2c(c1)sc1c3cc4c5ccccc5n(-c5ccc6c(c5)oc5cc(-n7c8ccccc8c8cc9c(ccc%10c%11ccccc%11sc9%10)cc87)ccc56)c4cc3ccc21. The molecule has 282 valence electrons. The Bertz CT molecular complexity index is 4140. The monoisotopic (exact) mass is 810 g/mol. The molecular formula is C56H30N2OS2. The molecule has 5 aromatic heterocycles. The Labute approximate surface area is 355 Å². The summed E-state index contributed by atoms with van der Waals surface area (Å²) in [4.78, 5) is 0. The van der Waals surface area contributed by atoms with Crippen LogP contribution in [-0.2, 0) is 0 Å². The van der Waals surface area contributed by atoms with E-state index in [1.54, 1.807) is 0 Å². The fourth-order valence-corrected chi connectivity index (χ4v) is 13.0. The van der Waals surface area contributed by atoms with Crippen LogP contribution in [-0.4, -0.2) is 9.13 Å². The summed E-state index contributed by atoms with van der Waals surface area (Å²) in [7, 11) is 0. The second-order valence-corrected chi connectivity index (χ2v) is 18.5. The second-order valence-electron chi connectivity index (χ2n) is 16.4. The third-order valence-corrected chi connectivity index (χ3v) is 15.7. The average Bonchev–Trinajstić information content (AvgIpc) is 4.11. The summed E-state index contributed by atoms with van der Waals surface area (Å²) in [5.41, 5.74) is 8.69. The number of aromatic nitrogens is 2. The van der Waals surface area contributed by atoms with Gasteiger partial charge >= 0.3 is 0 Å². The van der Waals surface area contributed by atoms with Crippen molar-refractivity contribution < 1.29 is 4.42 Å². The van der Waals surface area contributed by atoms with Gasteiger partial charge in [-0.15, -0.1) is 22.7 Å². The highest BCUT2D eigenvalue weighted by atomic mass is 32.1. The number of furan rings is 1. The molecular weight excluding hydrogens is 781 g/mol. The molecule has 0 spiro atoms. The molecule has 0 aliphatic rings. The first-order chi connectivity index (χ1) is 30.2. The molecule has 15 rings (SSSR count). The van der Waals surface area contributed by atoms with E-state index in [0.717, 1.165) is 33.3 Å². The Kier molecular flexibility index (Phi) is 6.19. The van der Waals surface area contributed by atoms with Gasteiger partial charge in [-0.25, -0.2) is 0 Å². The third kappa shape index (κ3) is 4.31. The molecule has 0 radical (unpaired) electrons. The van der Waals surface area contributed by atoms with Crippen LogP contribution in [0.1, 0.15) is 0 Å². The van der Waals surface area contributed by atoms with Crippen molar-refractivity contribution in [3.05, 3.63) is 182 Å². The van der Waals surface area contributed by atoms with E-state index in [0.29, 0.717) is 0 Å². The summed E-state index contributed by atoms with van der Waals surface area (Å²) in [5, 5.41) is 17.7. The lowest BCUT2D eigenvalue weighted by atomic mass is 10.0. The average molecular weight is 811 g/mol. The number of hydrogen-bond donors (Lipinski definition) is 0. The standard InChI is InChI=1S/C56H30N2OS2/c1-5-13-47-35(9-1)45-29-43-31(17-21-41-39-11-3-7-15-53(39)60-55(41)43)25-49(45)57(47)33-19-23-37-38-24-20-34(28-52(38)59-51(37)27-33)58-48-14-6-2-10-36(48)46-30-44-32(26-50(46)58)18-22-42-40-12-4-8-16-54(40)61-56(42)44/h1-30H. The summed E-state index contributed by atoms with van der Waals surface area (Å²) in [5.74, 6) is 0. The number of hydrogen-bond acceptors (Lipinski definition) is 3. The maximum absolute atomic E-state index is 6.85. The molecule has 0 aliphatic heterocycles. The van der Waals surface area contributed by atoms with Crippen LogP contribution < -0.4 is 0 Å². The van der Waals surface area contributed by atoms with Crippen molar-refractivity contribution in [3.63, 3.8) is 0 Å². The van der Waals surface area contributed by atoms with Gasteiger partial charge in [0, 0.05) is 107 Å². The van der Waals surface area contributed by atoms with Crippen LogP contribution in [0.15, 0.2) is 186 Å². The van der Waals surface area contributed by atoms with Gasteiger partial charge in [0.15, 0.2) is 0 Å². The molecule has 0 fully saturated rings. The van der Waals surface area contributed by atoms with Crippen molar-refractivity contribution in [2.75, 3.05) is 0 Å². The van der Waals surface area contributed by atoms with Crippen molar-refractivity contribution in [2.45, 2.75) is 0 Å². The molecule has 3 nitrogen and oxygen atoms in total. The maximum Gasteiger partial charge on any atom is 0.137 e. The van der Waals surface area contributed by atoms with Crippen LogP contribution in [0.3, 0.4) is 0 Å². The molecule has 10 aromatic carbocycles. The zero-order valence-electron chi connectivity index (χ0n) is 32.4. The number of fused-ring (bicyclic) bond motifs is 19. The third-order valence-electron chi connectivity index (χ3n) is 13.3. The largest absolute Gasteiger partial charge is 0.456 e. The summed E-state index contributed by atoms with van der Waals surface area (Å²) in [6.07, 6.45) is 0. The molecule has 0 aliphatic carbocycles. The molecule has 5 heterocycles. The molecule has 0 N–H and O–H groups in total. The van der Waals surface area contributed by atoms with Crippen molar-refractivity contribution in [1.82, 2.24) is 9.13 Å². The van der Waals surface area contributed by atoms with E-state index >= 15 is 0 Å². The Morgan fingerprint density at radius 2 is 0.721 bits per heavy atom. The summed E-state index contributed by atoms with van der Waals surface area (Å²) >= 11 is 3.79. The van der Waals surface area contributed by atoms with Crippen molar-refractivity contribution in [3.8, 4) is 11.4 Å². The molecule has 15 aromatic rings. The van der Waals surface area contributed by atoms with Crippen molar-refractivity contribution in [2.24, 2.45) is 0 Å². The highest BCUT2D eigenvalue weighted by molar-refractivity contribution is 7.27. The molecule has 0 saturated carbocycles. The van der Waals surface area contributed by atoms with E-state index in [1.165, 1.54) is 106 Å². The minimum absolute atomic E-state index is 0.879. The lowest BCUT2D eigenvalue weighted by molar-refractivity contribution is 0.668. The minimum atomic E-state index is 0.879. The van der Waals surface area contributed by atoms with Gasteiger partial charge in [-0.1, -0.05) is 97.1 Å².